The Morgan fingerprint density at radius 3 is 2.70 bits per heavy atom. The van der Waals surface area contributed by atoms with Crippen LogP contribution in [0.3, 0.4) is 0 Å². The lowest BCUT2D eigenvalue weighted by Crippen LogP contribution is -2.39. The number of benzene rings is 1. The summed E-state index contributed by atoms with van der Waals surface area (Å²) < 4.78 is 5.77. The molecule has 1 aliphatic rings. The second kappa shape index (κ2) is 8.40. The summed E-state index contributed by atoms with van der Waals surface area (Å²) in [7, 11) is 0. The van der Waals surface area contributed by atoms with E-state index in [0.717, 1.165) is 32.8 Å². The molecule has 1 aromatic rings. The SMILES string of the molecule is CCNC(CN(CC)CC1CCCO1)c1ccccc1. The van der Waals surface area contributed by atoms with E-state index in [4.69, 9.17) is 4.74 Å². The molecular formula is C17H28N2O. The molecule has 0 bridgehead atoms. The van der Waals surface area contributed by atoms with E-state index in [2.05, 4.69) is 54.4 Å². The molecule has 0 aromatic heterocycles. The fourth-order valence-corrected chi connectivity index (χ4v) is 2.89. The van der Waals surface area contributed by atoms with Crippen LogP contribution in [-0.4, -0.2) is 43.8 Å². The van der Waals surface area contributed by atoms with Gasteiger partial charge in [-0.15, -0.1) is 0 Å². The Hall–Kier alpha value is -0.900. The number of hydrogen-bond donors (Lipinski definition) is 1. The number of nitrogens with one attached hydrogen (secondary N) is 1. The highest BCUT2D eigenvalue weighted by molar-refractivity contribution is 5.19. The number of nitrogens with zero attached hydrogens (tertiary/aromatic N) is 1. The van der Waals surface area contributed by atoms with Crippen molar-refractivity contribution in [3.63, 3.8) is 0 Å². The molecule has 0 aliphatic carbocycles. The predicted octanol–water partition coefficient (Wildman–Crippen LogP) is 2.84. The molecule has 0 radical (unpaired) electrons. The van der Waals surface area contributed by atoms with Gasteiger partial charge in [-0.05, 0) is 31.5 Å². The lowest BCUT2D eigenvalue weighted by atomic mass is 10.1. The molecule has 1 aliphatic heterocycles. The predicted molar refractivity (Wildman–Crippen MR) is 83.9 cm³/mol. The summed E-state index contributed by atoms with van der Waals surface area (Å²) in [5.41, 5.74) is 1.38. The summed E-state index contributed by atoms with van der Waals surface area (Å²) in [6.07, 6.45) is 2.87. The first-order valence-corrected chi connectivity index (χ1v) is 7.95. The van der Waals surface area contributed by atoms with Gasteiger partial charge in [0.1, 0.15) is 0 Å². The topological polar surface area (TPSA) is 24.5 Å². The second-order valence-corrected chi connectivity index (χ2v) is 5.51. The zero-order valence-corrected chi connectivity index (χ0v) is 12.8. The molecule has 1 heterocycles. The molecule has 3 heteroatoms. The summed E-state index contributed by atoms with van der Waals surface area (Å²) in [5, 5.41) is 3.61. The van der Waals surface area contributed by atoms with Crippen molar-refractivity contribution in [3.8, 4) is 0 Å². The molecule has 1 fully saturated rings. The van der Waals surface area contributed by atoms with Gasteiger partial charge in [0, 0.05) is 25.7 Å². The molecule has 1 N–H and O–H groups in total. The van der Waals surface area contributed by atoms with Crippen molar-refractivity contribution >= 4 is 0 Å². The number of ether oxygens (including phenoxy) is 1. The Morgan fingerprint density at radius 2 is 2.10 bits per heavy atom. The van der Waals surface area contributed by atoms with Crippen molar-refractivity contribution in [1.82, 2.24) is 10.2 Å². The maximum atomic E-state index is 5.77. The minimum absolute atomic E-state index is 0.405. The van der Waals surface area contributed by atoms with E-state index < -0.39 is 0 Å². The van der Waals surface area contributed by atoms with E-state index in [9.17, 15) is 0 Å². The van der Waals surface area contributed by atoms with Crippen molar-refractivity contribution in [1.29, 1.82) is 0 Å². The minimum atomic E-state index is 0.405. The Balaban J connectivity index is 1.94. The molecule has 2 rings (SSSR count). The van der Waals surface area contributed by atoms with E-state index in [1.807, 2.05) is 0 Å². The monoisotopic (exact) mass is 276 g/mol. The summed E-state index contributed by atoms with van der Waals surface area (Å²) in [4.78, 5) is 2.51. The van der Waals surface area contributed by atoms with Gasteiger partial charge in [-0.1, -0.05) is 44.2 Å². The Labute approximate surface area is 123 Å². The minimum Gasteiger partial charge on any atom is -0.377 e. The maximum Gasteiger partial charge on any atom is 0.0702 e. The lowest BCUT2D eigenvalue weighted by Gasteiger charge is -2.29. The van der Waals surface area contributed by atoms with E-state index in [1.54, 1.807) is 0 Å². The van der Waals surface area contributed by atoms with Gasteiger partial charge >= 0.3 is 0 Å². The first kappa shape index (κ1) is 15.5. The van der Waals surface area contributed by atoms with Crippen LogP contribution in [0.25, 0.3) is 0 Å². The third-order valence-electron chi connectivity index (χ3n) is 4.03. The Kier molecular flexibility index (Phi) is 6.51. The molecule has 1 aromatic carbocycles. The van der Waals surface area contributed by atoms with Gasteiger partial charge in [-0.3, -0.25) is 4.90 Å². The van der Waals surface area contributed by atoms with Gasteiger partial charge < -0.3 is 10.1 Å². The van der Waals surface area contributed by atoms with E-state index in [-0.39, 0.29) is 0 Å². The molecule has 112 valence electrons. The maximum absolute atomic E-state index is 5.77. The van der Waals surface area contributed by atoms with Crippen molar-refractivity contribution < 1.29 is 4.74 Å². The van der Waals surface area contributed by atoms with Crippen LogP contribution >= 0.6 is 0 Å². The number of rotatable bonds is 8. The third kappa shape index (κ3) is 4.58. The molecule has 0 saturated carbocycles. The van der Waals surface area contributed by atoms with Crippen molar-refractivity contribution in [2.24, 2.45) is 0 Å². The van der Waals surface area contributed by atoms with Crippen LogP contribution in [0.15, 0.2) is 30.3 Å². The largest absolute Gasteiger partial charge is 0.377 e. The van der Waals surface area contributed by atoms with E-state index >= 15 is 0 Å². The van der Waals surface area contributed by atoms with Crippen LogP contribution < -0.4 is 5.32 Å². The van der Waals surface area contributed by atoms with Crippen LogP contribution in [0.4, 0.5) is 0 Å². The molecule has 0 spiro atoms. The molecule has 2 atom stereocenters. The summed E-state index contributed by atoms with van der Waals surface area (Å²) >= 11 is 0. The van der Waals surface area contributed by atoms with Gasteiger partial charge in [0.2, 0.25) is 0 Å². The molecule has 20 heavy (non-hydrogen) atoms. The zero-order valence-electron chi connectivity index (χ0n) is 12.8. The average Bonchev–Trinajstić information content (AvgIpc) is 2.99. The molecule has 1 saturated heterocycles. The zero-order chi connectivity index (χ0) is 14.2. The van der Waals surface area contributed by atoms with Crippen molar-refractivity contribution in [2.45, 2.75) is 38.8 Å². The second-order valence-electron chi connectivity index (χ2n) is 5.51. The highest BCUT2D eigenvalue weighted by atomic mass is 16.5. The third-order valence-corrected chi connectivity index (χ3v) is 4.03. The van der Waals surface area contributed by atoms with Crippen molar-refractivity contribution in [3.05, 3.63) is 35.9 Å². The van der Waals surface area contributed by atoms with Gasteiger partial charge in [0.15, 0.2) is 0 Å². The summed E-state index contributed by atoms with van der Waals surface area (Å²) in [5.74, 6) is 0. The fourth-order valence-electron chi connectivity index (χ4n) is 2.89. The van der Waals surface area contributed by atoms with Crippen LogP contribution in [0, 0.1) is 0 Å². The first-order valence-electron chi connectivity index (χ1n) is 7.95. The van der Waals surface area contributed by atoms with E-state index in [0.29, 0.717) is 12.1 Å². The van der Waals surface area contributed by atoms with Gasteiger partial charge in [-0.25, -0.2) is 0 Å². The highest BCUT2D eigenvalue weighted by Crippen LogP contribution is 2.17. The van der Waals surface area contributed by atoms with E-state index in [1.165, 1.54) is 18.4 Å². The number of hydrogen-bond acceptors (Lipinski definition) is 3. The molecule has 0 amide bonds. The van der Waals surface area contributed by atoms with Gasteiger partial charge in [-0.2, -0.15) is 0 Å². The number of likely N-dealkylation sites (N-methyl/N-ethyl adjacent to an activating group) is 2. The fraction of sp³-hybridized carbons (Fsp3) is 0.647. The normalized spacial score (nSPS) is 20.4. The highest BCUT2D eigenvalue weighted by Gasteiger charge is 2.21. The summed E-state index contributed by atoms with van der Waals surface area (Å²) in [6.45, 7) is 9.54. The lowest BCUT2D eigenvalue weighted by molar-refractivity contribution is 0.0715. The van der Waals surface area contributed by atoms with Crippen molar-refractivity contribution in [2.75, 3.05) is 32.8 Å². The standard InChI is InChI=1S/C17H28N2O/c1-3-18-17(15-9-6-5-7-10-15)14-19(4-2)13-16-11-8-12-20-16/h5-7,9-10,16-18H,3-4,8,11-14H2,1-2H3. The van der Waals surface area contributed by atoms with Crippen LogP contribution in [0.2, 0.25) is 0 Å². The Morgan fingerprint density at radius 1 is 1.30 bits per heavy atom. The molecular weight excluding hydrogens is 248 g/mol. The van der Waals surface area contributed by atoms with Gasteiger partial charge in [0.05, 0.1) is 6.10 Å². The summed E-state index contributed by atoms with van der Waals surface area (Å²) in [6, 6.07) is 11.2. The Bertz CT molecular complexity index is 363. The first-order chi connectivity index (χ1) is 9.83. The quantitative estimate of drug-likeness (QED) is 0.790. The average molecular weight is 276 g/mol. The van der Waals surface area contributed by atoms with Crippen LogP contribution in [0.5, 0.6) is 0 Å². The smallest absolute Gasteiger partial charge is 0.0702 e. The van der Waals surface area contributed by atoms with Crippen LogP contribution in [0.1, 0.15) is 38.3 Å². The van der Waals surface area contributed by atoms with Gasteiger partial charge in [0.25, 0.3) is 0 Å². The molecule has 2 unspecified atom stereocenters. The van der Waals surface area contributed by atoms with Crippen LogP contribution in [-0.2, 0) is 4.74 Å². The molecule has 3 nitrogen and oxygen atoms in total.